The number of anilines is 1. The normalized spacial score (nSPS) is 13.2. The molecule has 0 spiro atoms. The van der Waals surface area contributed by atoms with Gasteiger partial charge < -0.3 is 10.1 Å². The molecule has 1 aliphatic heterocycles. The lowest BCUT2D eigenvalue weighted by Crippen LogP contribution is -2.20. The number of benzene rings is 2. The zero-order valence-corrected chi connectivity index (χ0v) is 14.5. The lowest BCUT2D eigenvalue weighted by atomic mass is 9.88. The van der Waals surface area contributed by atoms with E-state index in [-0.39, 0.29) is 0 Å². The molecule has 3 rings (SSSR count). The van der Waals surface area contributed by atoms with Crippen LogP contribution in [0, 0.1) is 6.92 Å². The highest BCUT2D eigenvalue weighted by molar-refractivity contribution is 5.87. The van der Waals surface area contributed by atoms with E-state index in [0.717, 1.165) is 44.6 Å². The Morgan fingerprint density at radius 1 is 1.09 bits per heavy atom. The first-order valence-corrected chi connectivity index (χ1v) is 8.87. The zero-order chi connectivity index (χ0) is 16.2. The Hall–Kier alpha value is -1.96. The largest absolute Gasteiger partial charge is 0.490 e. The molecule has 0 fully saturated rings. The monoisotopic (exact) mass is 309 g/mol. The van der Waals surface area contributed by atoms with Gasteiger partial charge in [-0.15, -0.1) is 0 Å². The Bertz CT molecular complexity index is 690. The molecule has 2 nitrogen and oxygen atoms in total. The van der Waals surface area contributed by atoms with Crippen LogP contribution in [0.5, 0.6) is 5.75 Å². The average Bonchev–Trinajstić information content (AvgIpc) is 2.55. The van der Waals surface area contributed by atoms with Gasteiger partial charge in [0, 0.05) is 12.1 Å². The molecule has 1 N–H and O–H groups in total. The summed E-state index contributed by atoms with van der Waals surface area (Å²) in [5.41, 5.74) is 8.10. The minimum absolute atomic E-state index is 0.749. The van der Waals surface area contributed by atoms with E-state index in [1.807, 2.05) is 0 Å². The Kier molecular flexibility index (Phi) is 4.90. The van der Waals surface area contributed by atoms with Crippen LogP contribution in [0.4, 0.5) is 5.69 Å². The van der Waals surface area contributed by atoms with Crippen molar-refractivity contribution in [3.63, 3.8) is 0 Å². The molecule has 0 radical (unpaired) electrons. The van der Waals surface area contributed by atoms with Gasteiger partial charge >= 0.3 is 0 Å². The van der Waals surface area contributed by atoms with E-state index in [1.165, 1.54) is 33.5 Å². The fourth-order valence-corrected chi connectivity index (χ4v) is 3.53. The number of aryl methyl sites for hydroxylation is 2. The van der Waals surface area contributed by atoms with Crippen LogP contribution < -0.4 is 10.1 Å². The molecular formula is C21H27NO. The number of rotatable bonds is 5. The minimum atomic E-state index is 0.749. The van der Waals surface area contributed by atoms with E-state index in [1.54, 1.807) is 0 Å². The second kappa shape index (κ2) is 7.08. The van der Waals surface area contributed by atoms with Crippen molar-refractivity contribution in [1.29, 1.82) is 0 Å². The van der Waals surface area contributed by atoms with E-state index in [2.05, 4.69) is 56.4 Å². The molecule has 1 heterocycles. The van der Waals surface area contributed by atoms with E-state index in [0.29, 0.717) is 0 Å². The summed E-state index contributed by atoms with van der Waals surface area (Å²) in [4.78, 5) is 0. The fourth-order valence-electron chi connectivity index (χ4n) is 3.53. The highest BCUT2D eigenvalue weighted by Gasteiger charge is 2.21. The Morgan fingerprint density at radius 2 is 1.91 bits per heavy atom. The topological polar surface area (TPSA) is 21.3 Å². The SMILES string of the molecule is CCCc1cc2c(c(-c3cccc(C)c3)c1CCC)NCCO2. The molecule has 1 aliphatic rings. The maximum atomic E-state index is 5.97. The maximum absolute atomic E-state index is 5.97. The highest BCUT2D eigenvalue weighted by atomic mass is 16.5. The molecular weight excluding hydrogens is 282 g/mol. The maximum Gasteiger partial charge on any atom is 0.143 e. The van der Waals surface area contributed by atoms with Gasteiger partial charge in [-0.1, -0.05) is 56.5 Å². The molecule has 0 bridgehead atoms. The number of hydrogen-bond acceptors (Lipinski definition) is 2. The molecule has 2 aromatic rings. The van der Waals surface area contributed by atoms with Crippen LogP contribution in [0.25, 0.3) is 11.1 Å². The molecule has 0 saturated carbocycles. The van der Waals surface area contributed by atoms with Crippen LogP contribution in [0.15, 0.2) is 30.3 Å². The highest BCUT2D eigenvalue weighted by Crippen LogP contribution is 2.43. The predicted octanol–water partition coefficient (Wildman–Crippen LogP) is 5.37. The average molecular weight is 309 g/mol. The summed E-state index contributed by atoms with van der Waals surface area (Å²) < 4.78 is 5.97. The van der Waals surface area contributed by atoms with Crippen molar-refractivity contribution in [2.75, 3.05) is 18.5 Å². The Morgan fingerprint density at radius 3 is 2.65 bits per heavy atom. The molecule has 0 amide bonds. The van der Waals surface area contributed by atoms with Crippen molar-refractivity contribution in [1.82, 2.24) is 0 Å². The minimum Gasteiger partial charge on any atom is -0.490 e. The molecule has 0 aliphatic carbocycles. The second-order valence-electron chi connectivity index (χ2n) is 6.41. The lowest BCUT2D eigenvalue weighted by Gasteiger charge is -2.27. The quantitative estimate of drug-likeness (QED) is 0.801. The summed E-state index contributed by atoms with van der Waals surface area (Å²) in [6.45, 7) is 8.30. The van der Waals surface area contributed by atoms with Crippen molar-refractivity contribution < 1.29 is 4.74 Å². The van der Waals surface area contributed by atoms with Gasteiger partial charge in [0.1, 0.15) is 12.4 Å². The molecule has 0 saturated heterocycles. The number of hydrogen-bond donors (Lipinski definition) is 1. The third-order valence-electron chi connectivity index (χ3n) is 4.48. The van der Waals surface area contributed by atoms with Gasteiger partial charge in [-0.2, -0.15) is 0 Å². The predicted molar refractivity (Wildman–Crippen MR) is 98.6 cm³/mol. The Labute approximate surface area is 139 Å². The standard InChI is InChI=1S/C21H27NO/c1-4-7-16-14-19-21(22-11-12-23-19)20(18(16)8-5-2)17-10-6-9-15(3)13-17/h6,9-10,13-14,22H,4-5,7-8,11-12H2,1-3H3. The van der Waals surface area contributed by atoms with Crippen molar-refractivity contribution in [3.8, 4) is 16.9 Å². The van der Waals surface area contributed by atoms with Crippen LogP contribution in [-0.2, 0) is 12.8 Å². The van der Waals surface area contributed by atoms with E-state index in [4.69, 9.17) is 4.74 Å². The van der Waals surface area contributed by atoms with E-state index in [9.17, 15) is 0 Å². The Balaban J connectivity index is 2.26. The first-order chi connectivity index (χ1) is 11.2. The van der Waals surface area contributed by atoms with Gasteiger partial charge in [0.25, 0.3) is 0 Å². The van der Waals surface area contributed by atoms with Crippen LogP contribution in [-0.4, -0.2) is 13.2 Å². The first-order valence-electron chi connectivity index (χ1n) is 8.87. The third kappa shape index (κ3) is 3.21. The van der Waals surface area contributed by atoms with Crippen LogP contribution >= 0.6 is 0 Å². The number of ether oxygens (including phenoxy) is 1. The van der Waals surface area contributed by atoms with Gasteiger partial charge in [-0.25, -0.2) is 0 Å². The molecule has 2 heteroatoms. The molecule has 0 aromatic heterocycles. The van der Waals surface area contributed by atoms with Crippen LogP contribution in [0.2, 0.25) is 0 Å². The lowest BCUT2D eigenvalue weighted by molar-refractivity contribution is 0.323. The van der Waals surface area contributed by atoms with E-state index < -0.39 is 0 Å². The molecule has 23 heavy (non-hydrogen) atoms. The van der Waals surface area contributed by atoms with Crippen LogP contribution in [0.1, 0.15) is 43.4 Å². The smallest absolute Gasteiger partial charge is 0.143 e. The van der Waals surface area contributed by atoms with E-state index >= 15 is 0 Å². The van der Waals surface area contributed by atoms with Gasteiger partial charge in [0.2, 0.25) is 0 Å². The zero-order valence-electron chi connectivity index (χ0n) is 14.5. The number of nitrogens with one attached hydrogen (secondary N) is 1. The summed E-state index contributed by atoms with van der Waals surface area (Å²) in [6.07, 6.45) is 4.56. The summed E-state index contributed by atoms with van der Waals surface area (Å²) in [7, 11) is 0. The van der Waals surface area contributed by atoms with Gasteiger partial charge in [-0.05, 0) is 42.5 Å². The molecule has 0 atom stereocenters. The van der Waals surface area contributed by atoms with Gasteiger partial charge in [0.05, 0.1) is 5.69 Å². The van der Waals surface area contributed by atoms with Crippen LogP contribution in [0.3, 0.4) is 0 Å². The fraction of sp³-hybridized carbons (Fsp3) is 0.429. The summed E-state index contributed by atoms with van der Waals surface area (Å²) in [5.74, 6) is 1.02. The summed E-state index contributed by atoms with van der Waals surface area (Å²) in [5, 5.41) is 3.59. The van der Waals surface area contributed by atoms with Gasteiger partial charge in [0.15, 0.2) is 0 Å². The van der Waals surface area contributed by atoms with Crippen molar-refractivity contribution in [2.24, 2.45) is 0 Å². The third-order valence-corrected chi connectivity index (χ3v) is 4.48. The van der Waals surface area contributed by atoms with Gasteiger partial charge in [-0.3, -0.25) is 0 Å². The molecule has 2 aromatic carbocycles. The van der Waals surface area contributed by atoms with Crippen molar-refractivity contribution >= 4 is 5.69 Å². The first kappa shape index (κ1) is 15.9. The molecule has 0 unspecified atom stereocenters. The van der Waals surface area contributed by atoms with Crippen molar-refractivity contribution in [3.05, 3.63) is 47.0 Å². The van der Waals surface area contributed by atoms with Crippen molar-refractivity contribution in [2.45, 2.75) is 46.5 Å². The second-order valence-corrected chi connectivity index (χ2v) is 6.41. The molecule has 122 valence electrons. The summed E-state index contributed by atoms with van der Waals surface area (Å²) >= 11 is 0. The summed E-state index contributed by atoms with van der Waals surface area (Å²) in [6, 6.07) is 11.1. The number of fused-ring (bicyclic) bond motifs is 1.